The summed E-state index contributed by atoms with van der Waals surface area (Å²) in [6.07, 6.45) is 3.02. The lowest BCUT2D eigenvalue weighted by atomic mass is 9.83. The highest BCUT2D eigenvalue weighted by atomic mass is 14.2. The summed E-state index contributed by atoms with van der Waals surface area (Å²) in [6, 6.07) is 6.88. The Bertz CT molecular complexity index is 366. The van der Waals surface area contributed by atoms with Crippen LogP contribution < -0.4 is 0 Å². The lowest BCUT2D eigenvalue weighted by molar-refractivity contribution is 0.589. The van der Waals surface area contributed by atoms with Crippen molar-refractivity contribution >= 4 is 0 Å². The van der Waals surface area contributed by atoms with Crippen LogP contribution in [0.3, 0.4) is 0 Å². The van der Waals surface area contributed by atoms with E-state index in [0.29, 0.717) is 0 Å². The zero-order valence-electron chi connectivity index (χ0n) is 11.2. The molecule has 0 heterocycles. The predicted octanol–water partition coefficient (Wildman–Crippen LogP) is 4.67. The van der Waals surface area contributed by atoms with E-state index in [1.54, 1.807) is 0 Å². The van der Waals surface area contributed by atoms with Crippen LogP contribution in [0.5, 0.6) is 0 Å². The van der Waals surface area contributed by atoms with Crippen molar-refractivity contribution in [2.24, 2.45) is 0 Å². The first-order valence-electron chi connectivity index (χ1n) is 5.99. The number of allylic oxidation sites excluding steroid dienone is 1. The molecule has 87 valence electrons. The second-order valence-corrected chi connectivity index (χ2v) is 5.41. The van der Waals surface area contributed by atoms with E-state index in [2.05, 4.69) is 59.4 Å². The first-order chi connectivity index (χ1) is 7.38. The smallest absolute Gasteiger partial charge is 0.0230 e. The summed E-state index contributed by atoms with van der Waals surface area (Å²) in [5.41, 5.74) is 4.33. The highest BCUT2D eigenvalue weighted by Crippen LogP contribution is 2.27. The Labute approximate surface area is 100 Å². The van der Waals surface area contributed by atoms with Gasteiger partial charge in [-0.05, 0) is 28.5 Å². The van der Waals surface area contributed by atoms with Gasteiger partial charge in [0.25, 0.3) is 0 Å². The van der Waals surface area contributed by atoms with Crippen LogP contribution in [0.4, 0.5) is 0 Å². The maximum Gasteiger partial charge on any atom is 0.0230 e. The molecule has 1 aromatic rings. The molecular formula is C16H23. The minimum atomic E-state index is 0.210. The van der Waals surface area contributed by atoms with E-state index in [1.165, 1.54) is 22.6 Å². The molecule has 0 unspecified atom stereocenters. The van der Waals surface area contributed by atoms with Crippen LogP contribution >= 0.6 is 0 Å². The molecule has 0 nitrogen and oxygen atoms in total. The van der Waals surface area contributed by atoms with Gasteiger partial charge in [0, 0.05) is 5.92 Å². The summed E-state index contributed by atoms with van der Waals surface area (Å²) < 4.78 is 0. The Morgan fingerprint density at radius 1 is 1.25 bits per heavy atom. The molecule has 0 aliphatic heterocycles. The van der Waals surface area contributed by atoms with Crippen LogP contribution in [0, 0.1) is 5.92 Å². The van der Waals surface area contributed by atoms with Gasteiger partial charge in [-0.25, -0.2) is 0 Å². The molecule has 0 spiro atoms. The van der Waals surface area contributed by atoms with Crippen molar-refractivity contribution in [1.29, 1.82) is 0 Å². The normalized spacial score (nSPS) is 11.9. The third-order valence-electron chi connectivity index (χ3n) is 3.03. The van der Waals surface area contributed by atoms with Gasteiger partial charge in [0.05, 0.1) is 0 Å². The first kappa shape index (κ1) is 13.0. The Morgan fingerprint density at radius 3 is 2.31 bits per heavy atom. The van der Waals surface area contributed by atoms with Crippen LogP contribution in [-0.4, -0.2) is 0 Å². The van der Waals surface area contributed by atoms with Gasteiger partial charge in [0.2, 0.25) is 0 Å². The Hall–Kier alpha value is -1.04. The van der Waals surface area contributed by atoms with Crippen molar-refractivity contribution in [2.75, 3.05) is 0 Å². The topological polar surface area (TPSA) is 0 Å². The molecule has 0 N–H and O–H groups in total. The second-order valence-electron chi connectivity index (χ2n) is 5.41. The van der Waals surface area contributed by atoms with Gasteiger partial charge in [-0.2, -0.15) is 0 Å². The highest BCUT2D eigenvalue weighted by molar-refractivity contribution is 5.43. The molecule has 0 aliphatic rings. The van der Waals surface area contributed by atoms with Crippen molar-refractivity contribution in [1.82, 2.24) is 0 Å². The van der Waals surface area contributed by atoms with Crippen LogP contribution in [0.2, 0.25) is 0 Å². The zero-order valence-corrected chi connectivity index (χ0v) is 11.2. The summed E-state index contributed by atoms with van der Waals surface area (Å²) in [5.74, 6) is 1.25. The van der Waals surface area contributed by atoms with Crippen molar-refractivity contribution in [3.8, 4) is 0 Å². The number of hydrogen-bond donors (Lipinski definition) is 0. The zero-order chi connectivity index (χ0) is 12.3. The van der Waals surface area contributed by atoms with Crippen molar-refractivity contribution in [3.05, 3.63) is 53.5 Å². The summed E-state index contributed by atoms with van der Waals surface area (Å²) in [6.45, 7) is 14.9. The van der Waals surface area contributed by atoms with E-state index >= 15 is 0 Å². The summed E-state index contributed by atoms with van der Waals surface area (Å²) in [4.78, 5) is 0. The molecule has 16 heavy (non-hydrogen) atoms. The van der Waals surface area contributed by atoms with E-state index in [9.17, 15) is 0 Å². The standard InChI is InChI=1S/C16H23/c1-7-12(3)14-9-13(8-2)10-15(11-14)16(4,5)6/h7,9-11H,1,8H2,2-6H3. The van der Waals surface area contributed by atoms with Crippen molar-refractivity contribution < 1.29 is 0 Å². The molecule has 1 rings (SSSR count). The molecule has 0 fully saturated rings. The molecule has 1 radical (unpaired) electrons. The predicted molar refractivity (Wildman–Crippen MR) is 72.7 cm³/mol. The quantitative estimate of drug-likeness (QED) is 0.687. The van der Waals surface area contributed by atoms with Gasteiger partial charge in [-0.1, -0.05) is 58.9 Å². The molecule has 0 bridgehead atoms. The maximum atomic E-state index is 3.85. The van der Waals surface area contributed by atoms with Crippen LogP contribution in [0.25, 0.3) is 0 Å². The molecule has 0 aromatic heterocycles. The Balaban J connectivity index is 3.26. The molecule has 0 amide bonds. The summed E-state index contributed by atoms with van der Waals surface area (Å²) >= 11 is 0. The first-order valence-corrected chi connectivity index (χ1v) is 5.99. The average Bonchev–Trinajstić information content (AvgIpc) is 2.26. The third kappa shape index (κ3) is 2.98. The number of benzene rings is 1. The van der Waals surface area contributed by atoms with Crippen LogP contribution in [0.15, 0.2) is 30.9 Å². The fraction of sp³-hybridized carbons (Fsp3) is 0.438. The van der Waals surface area contributed by atoms with Crippen molar-refractivity contribution in [3.63, 3.8) is 0 Å². The van der Waals surface area contributed by atoms with E-state index in [1.807, 2.05) is 6.08 Å². The minimum Gasteiger partial charge on any atom is -0.102 e. The molecule has 0 saturated carbocycles. The van der Waals surface area contributed by atoms with E-state index in [-0.39, 0.29) is 5.41 Å². The fourth-order valence-electron chi connectivity index (χ4n) is 1.67. The van der Waals surface area contributed by atoms with Crippen molar-refractivity contribution in [2.45, 2.75) is 46.5 Å². The molecular weight excluding hydrogens is 192 g/mol. The van der Waals surface area contributed by atoms with Gasteiger partial charge in [-0.3, -0.25) is 0 Å². The minimum absolute atomic E-state index is 0.210. The number of aryl methyl sites for hydroxylation is 1. The lowest BCUT2D eigenvalue weighted by Crippen LogP contribution is -2.12. The van der Waals surface area contributed by atoms with Crippen LogP contribution in [-0.2, 0) is 11.8 Å². The van der Waals surface area contributed by atoms with E-state index < -0.39 is 0 Å². The number of hydrogen-bond acceptors (Lipinski definition) is 0. The highest BCUT2D eigenvalue weighted by Gasteiger charge is 2.16. The van der Waals surface area contributed by atoms with E-state index in [4.69, 9.17) is 0 Å². The Kier molecular flexibility index (Phi) is 3.96. The monoisotopic (exact) mass is 215 g/mol. The molecule has 1 aromatic carbocycles. The van der Waals surface area contributed by atoms with E-state index in [0.717, 1.165) is 6.42 Å². The maximum absolute atomic E-state index is 3.85. The molecule has 0 atom stereocenters. The summed E-state index contributed by atoms with van der Waals surface area (Å²) in [7, 11) is 0. The molecule has 0 aliphatic carbocycles. The SMILES string of the molecule is C=C[C](C)c1cc(CC)cc(C(C)(C)C)c1. The molecule has 0 heteroatoms. The Morgan fingerprint density at radius 2 is 1.88 bits per heavy atom. The lowest BCUT2D eigenvalue weighted by Gasteiger charge is -2.22. The third-order valence-corrected chi connectivity index (χ3v) is 3.03. The summed E-state index contributed by atoms with van der Waals surface area (Å²) in [5, 5.41) is 0. The fourth-order valence-corrected chi connectivity index (χ4v) is 1.67. The van der Waals surface area contributed by atoms with Gasteiger partial charge >= 0.3 is 0 Å². The van der Waals surface area contributed by atoms with Gasteiger partial charge < -0.3 is 0 Å². The molecule has 0 saturated heterocycles. The second kappa shape index (κ2) is 4.86. The van der Waals surface area contributed by atoms with Crippen LogP contribution in [0.1, 0.15) is 51.3 Å². The van der Waals surface area contributed by atoms with Gasteiger partial charge in [0.1, 0.15) is 0 Å². The largest absolute Gasteiger partial charge is 0.102 e. The van der Waals surface area contributed by atoms with Gasteiger partial charge in [0.15, 0.2) is 0 Å². The van der Waals surface area contributed by atoms with Gasteiger partial charge in [-0.15, -0.1) is 6.58 Å². The number of rotatable bonds is 3. The average molecular weight is 215 g/mol.